The van der Waals surface area contributed by atoms with Gasteiger partial charge in [0.2, 0.25) is 11.8 Å². The lowest BCUT2D eigenvalue weighted by molar-refractivity contribution is -0.132. The highest BCUT2D eigenvalue weighted by atomic mass is 35.5. The van der Waals surface area contributed by atoms with Crippen LogP contribution in [0.2, 0.25) is 0 Å². The molecule has 1 fully saturated rings. The fourth-order valence-electron chi connectivity index (χ4n) is 2.25. The van der Waals surface area contributed by atoms with E-state index in [-0.39, 0.29) is 37.3 Å². The van der Waals surface area contributed by atoms with Gasteiger partial charge in [-0.1, -0.05) is 30.3 Å². The van der Waals surface area contributed by atoms with Gasteiger partial charge in [0.25, 0.3) is 0 Å². The maximum atomic E-state index is 12.4. The van der Waals surface area contributed by atoms with Gasteiger partial charge in [-0.3, -0.25) is 14.9 Å². The maximum Gasteiger partial charge on any atom is 0.325 e. The van der Waals surface area contributed by atoms with E-state index in [2.05, 4.69) is 5.32 Å². The normalized spacial score (nSPS) is 13.5. The summed E-state index contributed by atoms with van der Waals surface area (Å²) in [7, 11) is 0. The number of carbonyl (C=O) groups excluding carboxylic acids is 3. The number of hydrogen-bond acceptors (Lipinski definition) is 4. The molecule has 0 bridgehead atoms. The van der Waals surface area contributed by atoms with E-state index < -0.39 is 6.03 Å². The van der Waals surface area contributed by atoms with Crippen LogP contribution in [-0.2, 0) is 16.1 Å². The highest BCUT2D eigenvalue weighted by Gasteiger charge is 2.29. The molecule has 126 valence electrons. The van der Waals surface area contributed by atoms with Crippen LogP contribution in [0.15, 0.2) is 30.3 Å². The average Bonchev–Trinajstić information content (AvgIpc) is 2.82. The van der Waals surface area contributed by atoms with Crippen molar-refractivity contribution in [2.24, 2.45) is 5.73 Å². The number of nitrogens with zero attached hydrogens (tertiary/aromatic N) is 2. The average molecular weight is 341 g/mol. The largest absolute Gasteiger partial charge is 0.337 e. The number of halogens is 1. The molecule has 2 rings (SSSR count). The molecule has 0 aliphatic carbocycles. The van der Waals surface area contributed by atoms with Crippen molar-refractivity contribution < 1.29 is 14.4 Å². The van der Waals surface area contributed by atoms with Crippen LogP contribution in [0.5, 0.6) is 0 Å². The molecule has 1 aromatic rings. The predicted molar refractivity (Wildman–Crippen MR) is 87.9 cm³/mol. The second-order valence-corrected chi connectivity index (χ2v) is 5.15. The molecule has 7 nitrogen and oxygen atoms in total. The smallest absolute Gasteiger partial charge is 0.325 e. The summed E-state index contributed by atoms with van der Waals surface area (Å²) in [4.78, 5) is 38.0. The van der Waals surface area contributed by atoms with Gasteiger partial charge < -0.3 is 15.5 Å². The van der Waals surface area contributed by atoms with Gasteiger partial charge in [-0.25, -0.2) is 4.79 Å². The summed E-state index contributed by atoms with van der Waals surface area (Å²) in [5.74, 6) is -0.573. The standard InChI is InChI=1S/C15H20N4O3.ClH/c16-7-4-8-18(9-12-5-2-1-3-6-12)14(21)11-19-10-13(20)17-15(19)22;/h1-3,5-6H,4,7-11,16H2,(H,17,20,22);1H. The Morgan fingerprint density at radius 2 is 1.96 bits per heavy atom. The van der Waals surface area contributed by atoms with Crippen LogP contribution >= 0.6 is 12.4 Å². The number of urea groups is 1. The summed E-state index contributed by atoms with van der Waals surface area (Å²) < 4.78 is 0. The second-order valence-electron chi connectivity index (χ2n) is 5.15. The first-order valence-corrected chi connectivity index (χ1v) is 7.20. The molecular weight excluding hydrogens is 320 g/mol. The molecule has 0 atom stereocenters. The Bertz CT molecular complexity index is 553. The first-order chi connectivity index (χ1) is 10.6. The molecule has 0 radical (unpaired) electrons. The molecule has 1 aliphatic rings. The summed E-state index contributed by atoms with van der Waals surface area (Å²) in [6.07, 6.45) is 0.684. The fourth-order valence-corrected chi connectivity index (χ4v) is 2.25. The molecule has 0 unspecified atom stereocenters. The Labute approximate surface area is 141 Å². The Kier molecular flexibility index (Phi) is 7.50. The molecule has 1 saturated heterocycles. The first kappa shape index (κ1) is 18.9. The quantitative estimate of drug-likeness (QED) is 0.699. The number of carbonyl (C=O) groups is 3. The van der Waals surface area contributed by atoms with Crippen molar-refractivity contribution in [2.45, 2.75) is 13.0 Å². The van der Waals surface area contributed by atoms with Crippen molar-refractivity contribution in [1.82, 2.24) is 15.1 Å². The maximum absolute atomic E-state index is 12.4. The molecule has 0 aromatic heterocycles. The molecule has 1 heterocycles. The Hall–Kier alpha value is -2.12. The molecule has 1 aliphatic heterocycles. The van der Waals surface area contributed by atoms with Crippen molar-refractivity contribution >= 4 is 30.3 Å². The zero-order chi connectivity index (χ0) is 15.9. The van der Waals surface area contributed by atoms with Gasteiger partial charge in [0.05, 0.1) is 0 Å². The van der Waals surface area contributed by atoms with Crippen LogP contribution in [0.4, 0.5) is 4.79 Å². The van der Waals surface area contributed by atoms with E-state index in [1.54, 1.807) is 4.90 Å². The van der Waals surface area contributed by atoms with Crippen molar-refractivity contribution in [3.63, 3.8) is 0 Å². The van der Waals surface area contributed by atoms with Crippen LogP contribution in [0.1, 0.15) is 12.0 Å². The molecule has 0 spiro atoms. The number of nitrogens with one attached hydrogen (secondary N) is 1. The van der Waals surface area contributed by atoms with E-state index in [1.807, 2.05) is 30.3 Å². The predicted octanol–water partition coefficient (Wildman–Crippen LogP) is 0.338. The summed E-state index contributed by atoms with van der Waals surface area (Å²) >= 11 is 0. The van der Waals surface area contributed by atoms with E-state index in [4.69, 9.17) is 5.73 Å². The van der Waals surface area contributed by atoms with Gasteiger partial charge in [-0.2, -0.15) is 0 Å². The van der Waals surface area contributed by atoms with Crippen LogP contribution in [0.25, 0.3) is 0 Å². The molecule has 8 heteroatoms. The van der Waals surface area contributed by atoms with Gasteiger partial charge in [-0.05, 0) is 18.5 Å². The molecular formula is C15H21ClN4O3. The third-order valence-electron chi connectivity index (χ3n) is 3.40. The molecule has 0 saturated carbocycles. The van der Waals surface area contributed by atoms with Crippen LogP contribution in [-0.4, -0.2) is 53.8 Å². The van der Waals surface area contributed by atoms with E-state index in [0.717, 1.165) is 5.56 Å². The molecule has 4 amide bonds. The number of amides is 4. The third kappa shape index (κ3) is 5.54. The zero-order valence-electron chi connectivity index (χ0n) is 12.7. The van der Waals surface area contributed by atoms with Crippen LogP contribution in [0, 0.1) is 0 Å². The summed E-state index contributed by atoms with van der Waals surface area (Å²) in [5.41, 5.74) is 6.53. The van der Waals surface area contributed by atoms with E-state index >= 15 is 0 Å². The van der Waals surface area contributed by atoms with E-state index in [9.17, 15) is 14.4 Å². The number of rotatable bonds is 7. The van der Waals surface area contributed by atoms with E-state index in [1.165, 1.54) is 4.90 Å². The van der Waals surface area contributed by atoms with Crippen LogP contribution in [0.3, 0.4) is 0 Å². The number of hydrogen-bond donors (Lipinski definition) is 2. The minimum Gasteiger partial charge on any atom is -0.337 e. The third-order valence-corrected chi connectivity index (χ3v) is 3.40. The van der Waals surface area contributed by atoms with E-state index in [0.29, 0.717) is 26.1 Å². The minimum atomic E-state index is -0.517. The Morgan fingerprint density at radius 1 is 1.26 bits per heavy atom. The first-order valence-electron chi connectivity index (χ1n) is 7.20. The van der Waals surface area contributed by atoms with Crippen molar-refractivity contribution in [1.29, 1.82) is 0 Å². The monoisotopic (exact) mass is 340 g/mol. The Balaban J connectivity index is 0.00000264. The summed E-state index contributed by atoms with van der Waals surface area (Å²) in [5, 5.41) is 2.16. The number of benzene rings is 1. The molecule has 1 aromatic carbocycles. The topological polar surface area (TPSA) is 95.7 Å². The number of imide groups is 1. The Morgan fingerprint density at radius 3 is 2.52 bits per heavy atom. The highest BCUT2D eigenvalue weighted by Crippen LogP contribution is 2.07. The molecule has 3 N–H and O–H groups in total. The van der Waals surface area contributed by atoms with Crippen molar-refractivity contribution in [3.8, 4) is 0 Å². The molecule has 23 heavy (non-hydrogen) atoms. The van der Waals surface area contributed by atoms with Crippen molar-refractivity contribution in [3.05, 3.63) is 35.9 Å². The second kappa shape index (κ2) is 9.12. The lowest BCUT2D eigenvalue weighted by Crippen LogP contribution is -2.42. The minimum absolute atomic E-state index is 0. The van der Waals surface area contributed by atoms with Gasteiger partial charge in [0.1, 0.15) is 13.1 Å². The van der Waals surface area contributed by atoms with Gasteiger partial charge in [-0.15, -0.1) is 12.4 Å². The van der Waals surface area contributed by atoms with Gasteiger partial charge in [0.15, 0.2) is 0 Å². The van der Waals surface area contributed by atoms with Crippen molar-refractivity contribution in [2.75, 3.05) is 26.2 Å². The number of nitrogens with two attached hydrogens (primary N) is 1. The highest BCUT2D eigenvalue weighted by molar-refractivity contribution is 6.03. The van der Waals surface area contributed by atoms with Gasteiger partial charge in [0, 0.05) is 13.1 Å². The summed E-state index contributed by atoms with van der Waals surface area (Å²) in [6, 6.07) is 9.09. The summed E-state index contributed by atoms with van der Waals surface area (Å²) in [6.45, 7) is 1.30. The van der Waals surface area contributed by atoms with Crippen LogP contribution < -0.4 is 11.1 Å². The SMILES string of the molecule is Cl.NCCCN(Cc1ccccc1)C(=O)CN1CC(=O)NC1=O. The fraction of sp³-hybridized carbons (Fsp3) is 0.400. The zero-order valence-corrected chi connectivity index (χ0v) is 13.6. The lowest BCUT2D eigenvalue weighted by Gasteiger charge is -2.25. The van der Waals surface area contributed by atoms with Gasteiger partial charge >= 0.3 is 6.03 Å². The lowest BCUT2D eigenvalue weighted by atomic mass is 10.2.